The van der Waals surface area contributed by atoms with Crippen LogP contribution < -0.4 is 4.90 Å². The predicted molar refractivity (Wildman–Crippen MR) is 301 cm³/mol. The number of amides is 4. The summed E-state index contributed by atoms with van der Waals surface area (Å²) in [5, 5.41) is 0.964. The third-order valence-electron chi connectivity index (χ3n) is 14.2. The molecule has 432 valence electrons. The van der Waals surface area contributed by atoms with Crippen molar-refractivity contribution < 1.29 is 57.3 Å². The summed E-state index contributed by atoms with van der Waals surface area (Å²) in [5.74, 6) is -6.36. The van der Waals surface area contributed by atoms with E-state index in [4.69, 9.17) is 18.9 Å². The Morgan fingerprint density at radius 3 is 1.25 bits per heavy atom. The SMILES string of the molecule is CC(C)C[C@H]1C(=O)O[C@H](Cc2ccc(CN3CCSc4ncccc43)cc2)C(=O)N(C)[C@@H](CC(C)C)C(=O)O[C@H](C)C(=O)N(C)[C@@H](CC(C)C)C(=O)O[C@H](Cc2ccccc2)C(=O)N(C)[C@@H](CC(C)C)C(=O)O[C@H](C)C(=O)N1C. The Bertz CT molecular complexity index is 2560. The number of anilines is 1. The van der Waals surface area contributed by atoms with E-state index >= 15 is 4.79 Å². The number of fused-ring (bicyclic) bond motifs is 1. The summed E-state index contributed by atoms with van der Waals surface area (Å²) in [7, 11) is 5.60. The average molecular weight is 1110 g/mol. The highest BCUT2D eigenvalue weighted by Gasteiger charge is 2.43. The lowest BCUT2D eigenvalue weighted by Gasteiger charge is -2.35. The summed E-state index contributed by atoms with van der Waals surface area (Å²) in [6.07, 6.45) is -3.97. The first-order chi connectivity index (χ1) is 37.3. The molecule has 0 N–H and O–H groups in total. The maximum atomic E-state index is 15.1. The molecular formula is C60H84N6O12S. The Kier molecular flexibility index (Phi) is 23.3. The average Bonchev–Trinajstić information content (AvgIpc) is 3.40. The van der Waals surface area contributed by atoms with Crippen LogP contribution >= 0.6 is 11.8 Å². The van der Waals surface area contributed by atoms with Crippen LogP contribution in [0.2, 0.25) is 0 Å². The molecule has 8 atom stereocenters. The van der Waals surface area contributed by atoms with Crippen LogP contribution in [0.15, 0.2) is 78.0 Å². The van der Waals surface area contributed by atoms with Gasteiger partial charge in [-0.1, -0.05) is 110 Å². The number of hydrogen-bond donors (Lipinski definition) is 0. The molecule has 1 saturated heterocycles. The molecule has 0 aliphatic carbocycles. The first kappa shape index (κ1) is 63.3. The minimum atomic E-state index is -1.52. The molecule has 3 heterocycles. The molecular weight excluding hydrogens is 1030 g/mol. The number of thioether (sulfide) groups is 1. The Hall–Kier alpha value is -6.50. The van der Waals surface area contributed by atoms with E-state index in [0.717, 1.165) is 43.3 Å². The molecule has 1 aromatic heterocycles. The van der Waals surface area contributed by atoms with Crippen LogP contribution in [0.4, 0.5) is 5.69 Å². The Morgan fingerprint density at radius 2 is 0.848 bits per heavy atom. The molecule has 0 saturated carbocycles. The number of pyridine rings is 1. The van der Waals surface area contributed by atoms with E-state index in [0.29, 0.717) is 17.7 Å². The van der Waals surface area contributed by atoms with Crippen molar-refractivity contribution in [2.24, 2.45) is 23.7 Å². The van der Waals surface area contributed by atoms with Gasteiger partial charge in [-0.15, -0.1) is 11.8 Å². The molecule has 2 aromatic carbocycles. The van der Waals surface area contributed by atoms with Gasteiger partial charge < -0.3 is 43.4 Å². The number of esters is 4. The summed E-state index contributed by atoms with van der Waals surface area (Å²) in [6.45, 7) is 19.0. The normalized spacial score (nSPS) is 24.2. The van der Waals surface area contributed by atoms with Gasteiger partial charge in [0.25, 0.3) is 23.6 Å². The molecule has 0 radical (unpaired) electrons. The second-order valence-corrected chi connectivity index (χ2v) is 23.8. The molecule has 0 unspecified atom stereocenters. The monoisotopic (exact) mass is 1110 g/mol. The third-order valence-corrected chi connectivity index (χ3v) is 15.2. The highest BCUT2D eigenvalue weighted by atomic mass is 32.2. The van der Waals surface area contributed by atoms with E-state index in [-0.39, 0.29) is 62.2 Å². The molecule has 0 spiro atoms. The molecule has 18 nitrogen and oxygen atoms in total. The van der Waals surface area contributed by atoms with Crippen molar-refractivity contribution in [3.8, 4) is 0 Å². The summed E-state index contributed by atoms with van der Waals surface area (Å²) < 4.78 is 24.1. The van der Waals surface area contributed by atoms with Crippen molar-refractivity contribution in [1.29, 1.82) is 0 Å². The number of ether oxygens (including phenoxy) is 4. The fourth-order valence-corrected chi connectivity index (χ4v) is 10.8. The Balaban J connectivity index is 1.58. The van der Waals surface area contributed by atoms with Gasteiger partial charge >= 0.3 is 23.9 Å². The standard InChI is InChI=1S/C60H84N6O12S/c1-36(2)29-46-57(71)75-41(10)54(68)63(12)49(32-39(7)8)60(74)78-51(34-43-22-24-44(25-23-43)35-66-27-28-79-52-45(66)21-18-26-61-52)56(70)65(14)47(30-37(3)4)58(72)76-40(9)53(67)62(11)48(31-38(5)6)59(73)77-50(55(69)64(46)13)33-42-19-16-15-17-20-42/h15-26,36-41,46-51H,27-35H2,1-14H3/t40-,41-,46+,47+,48+,49+,50-,51-/m1/s1. The zero-order valence-electron chi connectivity index (χ0n) is 48.7. The van der Waals surface area contributed by atoms with Gasteiger partial charge in [0.2, 0.25) is 0 Å². The number of aromatic nitrogens is 1. The number of carbonyl (C=O) groups is 8. The van der Waals surface area contributed by atoms with Gasteiger partial charge in [-0.25, -0.2) is 24.2 Å². The molecule has 5 rings (SSSR count). The largest absolute Gasteiger partial charge is 0.451 e. The van der Waals surface area contributed by atoms with Gasteiger partial charge in [0, 0.05) is 66.1 Å². The molecule has 0 bridgehead atoms. The number of nitrogens with zero attached hydrogens (tertiary/aromatic N) is 6. The summed E-state index contributed by atoms with van der Waals surface area (Å²) in [6, 6.07) is 15.4. The van der Waals surface area contributed by atoms with Crippen molar-refractivity contribution in [1.82, 2.24) is 24.6 Å². The van der Waals surface area contributed by atoms with Crippen LogP contribution in [-0.4, -0.2) is 161 Å². The number of carbonyl (C=O) groups excluding carboxylic acids is 8. The van der Waals surface area contributed by atoms with E-state index < -0.39 is 96.1 Å². The van der Waals surface area contributed by atoms with Crippen molar-refractivity contribution in [3.05, 3.63) is 89.6 Å². The van der Waals surface area contributed by atoms with Crippen LogP contribution in [-0.2, 0) is 76.7 Å². The van der Waals surface area contributed by atoms with E-state index in [2.05, 4.69) is 9.88 Å². The van der Waals surface area contributed by atoms with Crippen LogP contribution in [0.25, 0.3) is 0 Å². The van der Waals surface area contributed by atoms with Crippen LogP contribution in [0, 0.1) is 23.7 Å². The molecule has 2 aliphatic rings. The minimum Gasteiger partial charge on any atom is -0.451 e. The van der Waals surface area contributed by atoms with Crippen molar-refractivity contribution in [2.45, 2.75) is 168 Å². The fourth-order valence-electron chi connectivity index (χ4n) is 9.80. The number of benzene rings is 2. The smallest absolute Gasteiger partial charge is 0.329 e. The topological polar surface area (TPSA) is 203 Å². The second-order valence-electron chi connectivity index (χ2n) is 22.7. The second kappa shape index (κ2) is 29.1. The summed E-state index contributed by atoms with van der Waals surface area (Å²) in [4.78, 5) is 128. The van der Waals surface area contributed by atoms with Gasteiger partial charge in [-0.05, 0) is 92.0 Å². The number of hydrogen-bond acceptors (Lipinski definition) is 15. The molecule has 2 aliphatic heterocycles. The van der Waals surface area contributed by atoms with Gasteiger partial charge in [-0.2, -0.15) is 0 Å². The lowest BCUT2D eigenvalue weighted by atomic mass is 9.99. The maximum absolute atomic E-state index is 15.1. The molecule has 1 fully saturated rings. The quantitative estimate of drug-likeness (QED) is 0.116. The molecule has 79 heavy (non-hydrogen) atoms. The fraction of sp³-hybridized carbons (Fsp3) is 0.583. The van der Waals surface area contributed by atoms with Gasteiger partial charge in [0.1, 0.15) is 29.2 Å². The highest BCUT2D eigenvalue weighted by Crippen LogP contribution is 2.33. The summed E-state index contributed by atoms with van der Waals surface area (Å²) >= 11 is 1.71. The van der Waals surface area contributed by atoms with Crippen molar-refractivity contribution in [3.63, 3.8) is 0 Å². The van der Waals surface area contributed by atoms with Gasteiger partial charge in [0.05, 0.1) is 5.69 Å². The van der Waals surface area contributed by atoms with Crippen LogP contribution in [0.5, 0.6) is 0 Å². The maximum Gasteiger partial charge on any atom is 0.329 e. The first-order valence-electron chi connectivity index (χ1n) is 27.6. The van der Waals surface area contributed by atoms with Crippen LogP contribution in [0.1, 0.15) is 112 Å². The van der Waals surface area contributed by atoms with Gasteiger partial charge in [0.15, 0.2) is 24.4 Å². The lowest BCUT2D eigenvalue weighted by molar-refractivity contribution is -0.176. The molecule has 19 heteroatoms. The van der Waals surface area contributed by atoms with Gasteiger partial charge in [-0.3, -0.25) is 19.2 Å². The number of cyclic esters (lactones) is 4. The minimum absolute atomic E-state index is 0.0880. The Morgan fingerprint density at radius 1 is 0.481 bits per heavy atom. The first-order valence-corrected chi connectivity index (χ1v) is 28.6. The van der Waals surface area contributed by atoms with E-state index in [1.165, 1.54) is 46.9 Å². The van der Waals surface area contributed by atoms with Crippen molar-refractivity contribution in [2.75, 3.05) is 45.4 Å². The van der Waals surface area contributed by atoms with Crippen molar-refractivity contribution >= 4 is 65.0 Å². The lowest BCUT2D eigenvalue weighted by Crippen LogP contribution is -2.55. The Labute approximate surface area is 471 Å². The zero-order valence-corrected chi connectivity index (χ0v) is 49.5. The molecule has 3 aromatic rings. The summed E-state index contributed by atoms with van der Waals surface area (Å²) in [5.41, 5.74) is 3.33. The van der Waals surface area contributed by atoms with E-state index in [1.54, 1.807) is 48.3 Å². The van der Waals surface area contributed by atoms with E-state index in [1.807, 2.05) is 91.8 Å². The molecule has 4 amide bonds. The van der Waals surface area contributed by atoms with E-state index in [9.17, 15) is 33.6 Å². The van der Waals surface area contributed by atoms with Crippen LogP contribution in [0.3, 0.4) is 0 Å². The zero-order chi connectivity index (χ0) is 58.4. The number of likely N-dealkylation sites (N-methyl/N-ethyl adjacent to an activating group) is 4. The third kappa shape index (κ3) is 17.5. The predicted octanol–water partition coefficient (Wildman–Crippen LogP) is 7.17. The number of rotatable bonds is 14. The highest BCUT2D eigenvalue weighted by molar-refractivity contribution is 7.99.